The van der Waals surface area contributed by atoms with Crippen LogP contribution >= 0.6 is 0 Å². The molecule has 4 nitrogen and oxygen atoms in total. The lowest BCUT2D eigenvalue weighted by atomic mass is 9.95. The Labute approximate surface area is 138 Å². The third-order valence-corrected chi connectivity index (χ3v) is 4.87. The highest BCUT2D eigenvalue weighted by Gasteiger charge is 2.19. The Bertz CT molecular complexity index is 559. The summed E-state index contributed by atoms with van der Waals surface area (Å²) in [5.41, 5.74) is 2.46. The van der Waals surface area contributed by atoms with Crippen LogP contribution in [-0.2, 0) is 4.79 Å². The van der Waals surface area contributed by atoms with Crippen molar-refractivity contribution in [1.82, 2.24) is 10.2 Å². The van der Waals surface area contributed by atoms with Crippen molar-refractivity contribution in [3.05, 3.63) is 35.9 Å². The number of aromatic hydroxyl groups is 1. The Balaban J connectivity index is 1.48. The molecule has 1 fully saturated rings. The molecule has 4 heteroatoms. The second-order valence-electron chi connectivity index (χ2n) is 6.66. The average Bonchev–Trinajstić information content (AvgIpc) is 2.57. The van der Waals surface area contributed by atoms with E-state index in [9.17, 15) is 9.90 Å². The van der Waals surface area contributed by atoms with Gasteiger partial charge in [0.2, 0.25) is 5.91 Å². The van der Waals surface area contributed by atoms with E-state index in [0.717, 1.165) is 37.9 Å². The minimum atomic E-state index is 0.165. The summed E-state index contributed by atoms with van der Waals surface area (Å²) >= 11 is 0. The maximum Gasteiger partial charge on any atom is 0.234 e. The van der Waals surface area contributed by atoms with Crippen molar-refractivity contribution in [3.63, 3.8) is 0 Å². The molecule has 1 heterocycles. The van der Waals surface area contributed by atoms with Crippen LogP contribution in [0.15, 0.2) is 30.3 Å². The second-order valence-corrected chi connectivity index (χ2v) is 6.66. The topological polar surface area (TPSA) is 52.6 Å². The first-order valence-corrected chi connectivity index (χ1v) is 8.71. The fourth-order valence-electron chi connectivity index (χ4n) is 3.52. The van der Waals surface area contributed by atoms with Gasteiger partial charge in [0.05, 0.1) is 6.54 Å². The van der Waals surface area contributed by atoms with Crippen molar-refractivity contribution in [2.24, 2.45) is 0 Å². The quantitative estimate of drug-likeness (QED) is 0.898. The number of carbonyl (C=O) groups is 1. The minimum absolute atomic E-state index is 0.165. The van der Waals surface area contributed by atoms with Gasteiger partial charge < -0.3 is 10.4 Å². The van der Waals surface area contributed by atoms with E-state index in [-0.39, 0.29) is 5.91 Å². The lowest BCUT2D eigenvalue weighted by Crippen LogP contribution is -2.43. The monoisotopic (exact) mass is 314 g/mol. The molecule has 0 bridgehead atoms. The molecule has 1 aromatic rings. The van der Waals surface area contributed by atoms with Crippen molar-refractivity contribution in [1.29, 1.82) is 0 Å². The molecule has 0 saturated heterocycles. The van der Waals surface area contributed by atoms with Gasteiger partial charge in [-0.1, -0.05) is 37.5 Å². The normalized spacial score (nSPS) is 20.1. The van der Waals surface area contributed by atoms with E-state index in [0.29, 0.717) is 18.3 Å². The lowest BCUT2D eigenvalue weighted by molar-refractivity contribution is -0.123. The summed E-state index contributed by atoms with van der Waals surface area (Å²) in [5.74, 6) is 0.463. The number of carbonyl (C=O) groups excluding carboxylic acids is 1. The standard InChI is InChI=1S/C19H26N2O2/c22-18-8-6-15(7-9-18)16-10-12-21(13-11-16)14-19(23)20-17-4-2-1-3-5-17/h6-10,17,22H,1-5,11-14H2,(H,20,23). The highest BCUT2D eigenvalue weighted by molar-refractivity contribution is 5.78. The fraction of sp³-hybridized carbons (Fsp3) is 0.526. The molecule has 0 aromatic heterocycles. The maximum absolute atomic E-state index is 12.2. The van der Waals surface area contributed by atoms with E-state index < -0.39 is 0 Å². The summed E-state index contributed by atoms with van der Waals surface area (Å²) in [4.78, 5) is 14.4. The number of nitrogens with one attached hydrogen (secondary N) is 1. The summed E-state index contributed by atoms with van der Waals surface area (Å²) in [6, 6.07) is 7.74. The molecule has 1 aliphatic carbocycles. The molecule has 1 aliphatic heterocycles. The largest absolute Gasteiger partial charge is 0.508 e. The van der Waals surface area contributed by atoms with E-state index >= 15 is 0 Å². The van der Waals surface area contributed by atoms with E-state index in [1.54, 1.807) is 12.1 Å². The van der Waals surface area contributed by atoms with Crippen LogP contribution in [0.2, 0.25) is 0 Å². The van der Waals surface area contributed by atoms with Crippen LogP contribution in [0, 0.1) is 0 Å². The van der Waals surface area contributed by atoms with Crippen molar-refractivity contribution in [2.45, 2.75) is 44.6 Å². The van der Waals surface area contributed by atoms with Crippen molar-refractivity contribution < 1.29 is 9.90 Å². The lowest BCUT2D eigenvalue weighted by Gasteiger charge is -2.28. The Morgan fingerprint density at radius 1 is 1.17 bits per heavy atom. The molecule has 124 valence electrons. The summed E-state index contributed by atoms with van der Waals surface area (Å²) in [7, 11) is 0. The van der Waals surface area contributed by atoms with Crippen molar-refractivity contribution in [2.75, 3.05) is 19.6 Å². The number of phenols is 1. The zero-order valence-electron chi connectivity index (χ0n) is 13.6. The van der Waals surface area contributed by atoms with Gasteiger partial charge in [0.1, 0.15) is 5.75 Å². The molecule has 1 aromatic carbocycles. The first-order valence-electron chi connectivity index (χ1n) is 8.71. The number of rotatable bonds is 4. The third kappa shape index (κ3) is 4.58. The SMILES string of the molecule is O=C(CN1CC=C(c2ccc(O)cc2)CC1)NC1CCCCC1. The highest BCUT2D eigenvalue weighted by atomic mass is 16.3. The predicted octanol–water partition coefficient (Wildman–Crippen LogP) is 2.93. The molecule has 23 heavy (non-hydrogen) atoms. The van der Waals surface area contributed by atoms with Gasteiger partial charge >= 0.3 is 0 Å². The van der Waals surface area contributed by atoms with Crippen molar-refractivity contribution in [3.8, 4) is 5.75 Å². The van der Waals surface area contributed by atoms with Gasteiger partial charge in [-0.3, -0.25) is 9.69 Å². The van der Waals surface area contributed by atoms with Crippen LogP contribution < -0.4 is 5.32 Å². The zero-order valence-corrected chi connectivity index (χ0v) is 13.6. The molecule has 2 N–H and O–H groups in total. The molecule has 2 aliphatic rings. The zero-order chi connectivity index (χ0) is 16.1. The molecule has 1 amide bonds. The molecule has 0 unspecified atom stereocenters. The fourth-order valence-corrected chi connectivity index (χ4v) is 3.52. The maximum atomic E-state index is 12.2. The molecule has 0 atom stereocenters. The summed E-state index contributed by atoms with van der Waals surface area (Å²) in [6.07, 6.45) is 9.21. The average molecular weight is 314 g/mol. The van der Waals surface area contributed by atoms with Crippen LogP contribution in [0.5, 0.6) is 5.75 Å². The first-order chi connectivity index (χ1) is 11.2. The number of amides is 1. The number of phenolic OH excluding ortho intramolecular Hbond substituents is 1. The van der Waals surface area contributed by atoms with Crippen LogP contribution in [0.4, 0.5) is 0 Å². The minimum Gasteiger partial charge on any atom is -0.508 e. The summed E-state index contributed by atoms with van der Waals surface area (Å²) < 4.78 is 0. The predicted molar refractivity (Wildman–Crippen MR) is 92.2 cm³/mol. The highest BCUT2D eigenvalue weighted by Crippen LogP contribution is 2.24. The number of benzene rings is 1. The van der Waals surface area contributed by atoms with Gasteiger partial charge in [0, 0.05) is 19.1 Å². The summed E-state index contributed by atoms with van der Waals surface area (Å²) in [5, 5.41) is 12.5. The molecule has 3 rings (SSSR count). The molecule has 1 saturated carbocycles. The second kappa shape index (κ2) is 7.64. The molecular formula is C19H26N2O2. The molecule has 0 radical (unpaired) electrons. The van der Waals surface area contributed by atoms with Gasteiger partial charge in [-0.05, 0) is 42.5 Å². The van der Waals surface area contributed by atoms with Crippen molar-refractivity contribution >= 4 is 11.5 Å². The van der Waals surface area contributed by atoms with Crippen LogP contribution in [0.3, 0.4) is 0 Å². The van der Waals surface area contributed by atoms with Crippen LogP contribution in [-0.4, -0.2) is 41.6 Å². The van der Waals surface area contributed by atoms with E-state index in [1.807, 2.05) is 12.1 Å². The van der Waals surface area contributed by atoms with Gasteiger partial charge in [0.15, 0.2) is 0 Å². The Morgan fingerprint density at radius 3 is 2.57 bits per heavy atom. The van der Waals surface area contributed by atoms with Crippen LogP contribution in [0.1, 0.15) is 44.1 Å². The Hall–Kier alpha value is -1.81. The van der Waals surface area contributed by atoms with Gasteiger partial charge in [-0.2, -0.15) is 0 Å². The van der Waals surface area contributed by atoms with E-state index in [4.69, 9.17) is 0 Å². The third-order valence-electron chi connectivity index (χ3n) is 4.87. The summed E-state index contributed by atoms with van der Waals surface area (Å²) in [6.45, 7) is 2.22. The number of hydrogen-bond acceptors (Lipinski definition) is 3. The van der Waals surface area contributed by atoms with Gasteiger partial charge in [0.25, 0.3) is 0 Å². The van der Waals surface area contributed by atoms with Gasteiger partial charge in [-0.25, -0.2) is 0 Å². The Kier molecular flexibility index (Phi) is 5.34. The first kappa shape index (κ1) is 16.1. The number of nitrogens with zero attached hydrogens (tertiary/aromatic N) is 1. The van der Waals surface area contributed by atoms with Crippen LogP contribution in [0.25, 0.3) is 5.57 Å². The molecular weight excluding hydrogens is 288 g/mol. The Morgan fingerprint density at radius 2 is 1.91 bits per heavy atom. The number of hydrogen-bond donors (Lipinski definition) is 2. The smallest absolute Gasteiger partial charge is 0.234 e. The molecule has 0 spiro atoms. The van der Waals surface area contributed by atoms with E-state index in [2.05, 4.69) is 16.3 Å². The van der Waals surface area contributed by atoms with Gasteiger partial charge in [-0.15, -0.1) is 0 Å². The van der Waals surface area contributed by atoms with E-state index in [1.165, 1.54) is 24.8 Å².